The van der Waals surface area contributed by atoms with Crippen LogP contribution in [0, 0.1) is 40.7 Å². The van der Waals surface area contributed by atoms with Gasteiger partial charge in [-0.05, 0) is 71.5 Å². The Morgan fingerprint density at radius 2 is 1.09 bits per heavy atom. The molecule has 0 N–H and O–H groups in total. The molecule has 0 unspecified atom stereocenters. The van der Waals surface area contributed by atoms with E-state index in [0.29, 0.717) is 6.42 Å². The second kappa shape index (κ2) is 13.3. The fourth-order valence-electron chi connectivity index (χ4n) is 5.08. The van der Waals surface area contributed by atoms with Crippen molar-refractivity contribution in [2.24, 2.45) is 0 Å². The van der Waals surface area contributed by atoms with E-state index < -0.39 is 63.7 Å². The monoisotopic (exact) mass is 644 g/mol. The van der Waals surface area contributed by atoms with Crippen LogP contribution in [0.1, 0.15) is 37.3 Å². The number of benzene rings is 5. The Bertz CT molecular complexity index is 1840. The molecule has 46 heavy (non-hydrogen) atoms. The quantitative estimate of drug-likeness (QED) is 0.0835. The van der Waals surface area contributed by atoms with Crippen LogP contribution in [0.4, 0.5) is 39.5 Å². The summed E-state index contributed by atoms with van der Waals surface area (Å²) in [5, 5.41) is 0. The van der Waals surface area contributed by atoms with Gasteiger partial charge in [0.05, 0.1) is 11.1 Å². The molecule has 0 bridgehead atoms. The Balaban J connectivity index is 1.36. The molecule has 0 saturated heterocycles. The minimum absolute atomic E-state index is 0.0153. The van der Waals surface area contributed by atoms with Gasteiger partial charge in [-0.15, -0.1) is 0 Å². The molecule has 0 fully saturated rings. The van der Waals surface area contributed by atoms with E-state index in [4.69, 9.17) is 0 Å². The summed E-state index contributed by atoms with van der Waals surface area (Å²) in [5.41, 5.74) is -0.641. The van der Waals surface area contributed by atoms with Gasteiger partial charge in [-0.3, -0.25) is 0 Å². The predicted octanol–water partition coefficient (Wildman–Crippen LogP) is 11.5. The molecular formula is C36H25F9O. The van der Waals surface area contributed by atoms with Crippen molar-refractivity contribution in [2.45, 2.75) is 38.7 Å². The molecule has 0 aliphatic heterocycles. The minimum Gasteiger partial charge on any atom is -0.429 e. The Morgan fingerprint density at radius 1 is 0.543 bits per heavy atom. The van der Waals surface area contributed by atoms with E-state index in [1.807, 2.05) is 0 Å². The molecule has 5 rings (SSSR count). The van der Waals surface area contributed by atoms with E-state index in [-0.39, 0.29) is 39.9 Å². The lowest BCUT2D eigenvalue weighted by atomic mass is 9.95. The summed E-state index contributed by atoms with van der Waals surface area (Å²) in [6, 6.07) is 14.3. The summed E-state index contributed by atoms with van der Waals surface area (Å²) in [7, 11) is 0. The zero-order valence-electron chi connectivity index (χ0n) is 24.2. The molecule has 10 heteroatoms. The molecule has 0 spiro atoms. The van der Waals surface area contributed by atoms with Crippen molar-refractivity contribution in [3.63, 3.8) is 0 Å². The molecular weight excluding hydrogens is 619 g/mol. The maximum absolute atomic E-state index is 15.2. The third-order valence-electron chi connectivity index (χ3n) is 7.45. The number of aryl methyl sites for hydroxylation is 1. The molecule has 0 aliphatic carbocycles. The van der Waals surface area contributed by atoms with Crippen molar-refractivity contribution < 1.29 is 44.3 Å². The van der Waals surface area contributed by atoms with E-state index in [2.05, 4.69) is 11.7 Å². The van der Waals surface area contributed by atoms with Crippen LogP contribution in [0.3, 0.4) is 0 Å². The summed E-state index contributed by atoms with van der Waals surface area (Å²) in [4.78, 5) is 0. The average molecular weight is 645 g/mol. The van der Waals surface area contributed by atoms with Gasteiger partial charge >= 0.3 is 6.11 Å². The minimum atomic E-state index is -4.10. The maximum atomic E-state index is 15.2. The van der Waals surface area contributed by atoms with Crippen LogP contribution in [0.25, 0.3) is 33.4 Å². The van der Waals surface area contributed by atoms with E-state index in [1.54, 1.807) is 6.07 Å². The first-order valence-corrected chi connectivity index (χ1v) is 14.3. The van der Waals surface area contributed by atoms with Gasteiger partial charge in [-0.2, -0.15) is 8.78 Å². The third-order valence-corrected chi connectivity index (χ3v) is 7.45. The largest absolute Gasteiger partial charge is 0.429 e. The third kappa shape index (κ3) is 6.90. The van der Waals surface area contributed by atoms with Gasteiger partial charge in [0.25, 0.3) is 0 Å². The number of ether oxygens (including phenoxy) is 1. The normalized spacial score (nSPS) is 11.6. The Morgan fingerprint density at radius 3 is 1.67 bits per heavy atom. The maximum Gasteiger partial charge on any atom is 0.426 e. The highest BCUT2D eigenvalue weighted by Gasteiger charge is 2.35. The number of halogens is 9. The van der Waals surface area contributed by atoms with Gasteiger partial charge < -0.3 is 4.74 Å². The first-order valence-electron chi connectivity index (χ1n) is 14.3. The summed E-state index contributed by atoms with van der Waals surface area (Å²) in [6.07, 6.45) is -0.513. The predicted molar refractivity (Wildman–Crippen MR) is 157 cm³/mol. The van der Waals surface area contributed by atoms with Crippen LogP contribution in [-0.2, 0) is 12.5 Å². The first-order chi connectivity index (χ1) is 21.9. The molecule has 0 heterocycles. The second-order valence-corrected chi connectivity index (χ2v) is 10.7. The highest BCUT2D eigenvalue weighted by Crippen LogP contribution is 2.37. The van der Waals surface area contributed by atoms with Crippen molar-refractivity contribution in [1.29, 1.82) is 0 Å². The number of hydrogen-bond donors (Lipinski definition) is 0. The topological polar surface area (TPSA) is 9.23 Å². The summed E-state index contributed by atoms with van der Waals surface area (Å²) in [6.45, 7) is 2.05. The van der Waals surface area contributed by atoms with Crippen LogP contribution >= 0.6 is 0 Å². The zero-order chi connectivity index (χ0) is 33.2. The van der Waals surface area contributed by atoms with E-state index in [1.165, 1.54) is 24.3 Å². The molecule has 1 nitrogen and oxygen atoms in total. The number of alkyl halides is 2. The lowest BCUT2D eigenvalue weighted by molar-refractivity contribution is -0.185. The summed E-state index contributed by atoms with van der Waals surface area (Å²) < 4.78 is 134. The van der Waals surface area contributed by atoms with E-state index >= 15 is 13.2 Å². The molecule has 0 amide bonds. The van der Waals surface area contributed by atoms with Gasteiger partial charge in [0, 0.05) is 23.3 Å². The van der Waals surface area contributed by atoms with Crippen LogP contribution in [0.5, 0.6) is 5.75 Å². The molecule has 0 aliphatic rings. The zero-order valence-corrected chi connectivity index (χ0v) is 24.2. The van der Waals surface area contributed by atoms with Crippen molar-refractivity contribution in [3.05, 3.63) is 137 Å². The van der Waals surface area contributed by atoms with Gasteiger partial charge in [0.2, 0.25) is 0 Å². The SMILES string of the molecule is CCCCCc1ccc(-c2cc(F)c(-c3ccc(-c4ccc(C(F)(F)Oc5cc(F)c(F)c(F)c5)cc4)c(F)c3)c(F)c2)c(F)c1. The fraction of sp³-hybridized carbons (Fsp3) is 0.167. The molecule has 5 aromatic carbocycles. The van der Waals surface area contributed by atoms with Gasteiger partial charge in [-0.25, -0.2) is 30.7 Å². The van der Waals surface area contributed by atoms with Crippen molar-refractivity contribution >= 4 is 0 Å². The van der Waals surface area contributed by atoms with Crippen LogP contribution in [0.2, 0.25) is 0 Å². The molecule has 0 saturated carbocycles. The lowest BCUT2D eigenvalue weighted by Crippen LogP contribution is -2.22. The van der Waals surface area contributed by atoms with Gasteiger partial charge in [0.15, 0.2) is 17.5 Å². The first kappa shape index (κ1) is 32.7. The van der Waals surface area contributed by atoms with Crippen molar-refractivity contribution in [2.75, 3.05) is 0 Å². The highest BCUT2D eigenvalue weighted by molar-refractivity contribution is 5.75. The number of rotatable bonds is 10. The number of hydrogen-bond acceptors (Lipinski definition) is 1. The standard InChI is InChI=1S/C36H25F9O/c1-2-3-4-5-20-6-12-27(28(37)14-20)23-16-30(39)34(31(40)17-23)22-9-13-26(29(38)15-22)21-7-10-24(11-8-21)36(44,45)46-25-18-32(41)35(43)33(42)19-25/h6-19H,2-5H2,1H3. The molecule has 0 atom stereocenters. The number of unbranched alkanes of at least 4 members (excludes halogenated alkanes) is 2. The van der Waals surface area contributed by atoms with E-state index in [0.717, 1.165) is 67.3 Å². The van der Waals surface area contributed by atoms with Crippen LogP contribution in [-0.4, -0.2) is 0 Å². The molecule has 238 valence electrons. The molecule has 0 radical (unpaired) electrons. The highest BCUT2D eigenvalue weighted by atomic mass is 19.3. The van der Waals surface area contributed by atoms with Crippen LogP contribution < -0.4 is 4.74 Å². The summed E-state index contributed by atoms with van der Waals surface area (Å²) >= 11 is 0. The Hall–Kier alpha value is -4.73. The van der Waals surface area contributed by atoms with E-state index in [9.17, 15) is 26.3 Å². The van der Waals surface area contributed by atoms with Crippen LogP contribution in [0.15, 0.2) is 84.9 Å². The Kier molecular flexibility index (Phi) is 9.46. The van der Waals surface area contributed by atoms with Crippen molar-refractivity contribution in [3.8, 4) is 39.1 Å². The molecule has 0 aromatic heterocycles. The van der Waals surface area contributed by atoms with Gasteiger partial charge in [0.1, 0.15) is 29.0 Å². The average Bonchev–Trinajstić information content (AvgIpc) is 2.99. The fourth-order valence-corrected chi connectivity index (χ4v) is 5.08. The van der Waals surface area contributed by atoms with Crippen molar-refractivity contribution in [1.82, 2.24) is 0 Å². The Labute approximate surface area is 258 Å². The second-order valence-electron chi connectivity index (χ2n) is 10.7. The smallest absolute Gasteiger partial charge is 0.426 e. The molecule has 5 aromatic rings. The lowest BCUT2D eigenvalue weighted by Gasteiger charge is -2.19. The summed E-state index contributed by atoms with van der Waals surface area (Å²) in [5.74, 6) is -9.85. The van der Waals surface area contributed by atoms with Gasteiger partial charge in [-0.1, -0.05) is 56.2 Å².